The van der Waals surface area contributed by atoms with Gasteiger partial charge in [0.15, 0.2) is 5.82 Å². The number of nitrogens with one attached hydrogen (secondary N) is 1. The third-order valence-electron chi connectivity index (χ3n) is 2.65. The highest BCUT2D eigenvalue weighted by Gasteiger charge is 2.22. The van der Waals surface area contributed by atoms with Gasteiger partial charge in [-0.1, -0.05) is 11.6 Å². The summed E-state index contributed by atoms with van der Waals surface area (Å²) in [5, 5.41) is -0.356. The smallest absolute Gasteiger partial charge is 0.264 e. The van der Waals surface area contributed by atoms with Gasteiger partial charge in [0.25, 0.3) is 10.0 Å². The van der Waals surface area contributed by atoms with E-state index in [0.29, 0.717) is 5.75 Å². The average molecular weight is 331 g/mol. The summed E-state index contributed by atoms with van der Waals surface area (Å²) in [6.45, 7) is 0. The lowest BCUT2D eigenvalue weighted by atomic mass is 10.3. The summed E-state index contributed by atoms with van der Waals surface area (Å²) in [5.74, 6) is -0.483. The second-order valence-electron chi connectivity index (χ2n) is 4.15. The minimum absolute atomic E-state index is 0.0523. The van der Waals surface area contributed by atoms with Gasteiger partial charge in [0, 0.05) is 11.4 Å². The van der Waals surface area contributed by atoms with Gasteiger partial charge in [-0.2, -0.15) is 0 Å². The molecular weight excluding hydrogens is 319 g/mol. The first kappa shape index (κ1) is 15.4. The Morgan fingerprint density at radius 3 is 2.43 bits per heavy atom. The van der Waals surface area contributed by atoms with Crippen molar-refractivity contribution in [1.82, 2.24) is 0 Å². The third kappa shape index (κ3) is 3.37. The number of hydrogen-bond acceptors (Lipinski definition) is 4. The molecule has 0 saturated carbocycles. The van der Waals surface area contributed by atoms with E-state index in [4.69, 9.17) is 22.1 Å². The monoisotopic (exact) mass is 330 g/mol. The largest absolute Gasteiger partial charge is 0.497 e. The summed E-state index contributed by atoms with van der Waals surface area (Å²) in [7, 11) is -2.65. The molecule has 0 atom stereocenters. The van der Waals surface area contributed by atoms with Crippen LogP contribution in [0.2, 0.25) is 5.02 Å². The van der Waals surface area contributed by atoms with Crippen LogP contribution in [0.5, 0.6) is 5.75 Å². The Balaban J connectivity index is 2.38. The van der Waals surface area contributed by atoms with Gasteiger partial charge in [-0.05, 0) is 36.4 Å². The highest BCUT2D eigenvalue weighted by molar-refractivity contribution is 7.92. The highest BCUT2D eigenvalue weighted by Crippen LogP contribution is 2.27. The molecular formula is C13H12ClFN2O3S. The quantitative estimate of drug-likeness (QED) is 0.845. The van der Waals surface area contributed by atoms with E-state index in [-0.39, 0.29) is 16.4 Å². The first-order valence-electron chi connectivity index (χ1n) is 5.75. The van der Waals surface area contributed by atoms with E-state index < -0.39 is 20.7 Å². The zero-order valence-corrected chi connectivity index (χ0v) is 12.5. The minimum Gasteiger partial charge on any atom is -0.497 e. The van der Waals surface area contributed by atoms with E-state index in [2.05, 4.69) is 4.72 Å². The molecule has 0 radical (unpaired) electrons. The number of rotatable bonds is 4. The van der Waals surface area contributed by atoms with Gasteiger partial charge in [-0.15, -0.1) is 0 Å². The molecule has 3 N–H and O–H groups in total. The molecule has 5 nitrogen and oxygen atoms in total. The number of benzene rings is 2. The van der Waals surface area contributed by atoms with Crippen LogP contribution < -0.4 is 15.2 Å². The minimum atomic E-state index is -4.14. The van der Waals surface area contributed by atoms with Crippen LogP contribution in [-0.2, 0) is 10.0 Å². The van der Waals surface area contributed by atoms with Crippen LogP contribution in [0.4, 0.5) is 15.8 Å². The summed E-state index contributed by atoms with van der Waals surface area (Å²) in [6.07, 6.45) is 0. The van der Waals surface area contributed by atoms with E-state index in [1.165, 1.54) is 19.2 Å². The lowest BCUT2D eigenvalue weighted by Gasteiger charge is -2.11. The molecule has 0 saturated heterocycles. The Kier molecular flexibility index (Phi) is 4.24. The molecule has 2 aromatic rings. The highest BCUT2D eigenvalue weighted by atomic mass is 35.5. The van der Waals surface area contributed by atoms with Gasteiger partial charge < -0.3 is 10.5 Å². The number of nitrogen functional groups attached to an aromatic ring is 1. The first-order chi connectivity index (χ1) is 9.83. The molecule has 21 heavy (non-hydrogen) atoms. The summed E-state index contributed by atoms with van der Waals surface area (Å²) in [6, 6.07) is 8.27. The molecule has 0 aliphatic rings. The zero-order valence-electron chi connectivity index (χ0n) is 10.9. The predicted molar refractivity (Wildman–Crippen MR) is 79.6 cm³/mol. The van der Waals surface area contributed by atoms with Gasteiger partial charge in [0.2, 0.25) is 0 Å². The maximum atomic E-state index is 13.9. The van der Waals surface area contributed by atoms with Crippen molar-refractivity contribution < 1.29 is 17.5 Å². The SMILES string of the molecule is COc1ccc(NS(=O)(=O)c2cc(N)cc(Cl)c2F)cc1. The van der Waals surface area contributed by atoms with Gasteiger partial charge in [0.1, 0.15) is 10.6 Å². The molecule has 2 aromatic carbocycles. The molecule has 0 aromatic heterocycles. The number of halogens is 2. The predicted octanol–water partition coefficient (Wildman–Crippen LogP) is 2.87. The Labute approximate surface area is 126 Å². The van der Waals surface area contributed by atoms with Crippen LogP contribution in [0.25, 0.3) is 0 Å². The van der Waals surface area contributed by atoms with Crippen LogP contribution in [-0.4, -0.2) is 15.5 Å². The molecule has 0 aliphatic carbocycles. The first-order valence-corrected chi connectivity index (χ1v) is 7.61. The van der Waals surface area contributed by atoms with Crippen LogP contribution in [0.3, 0.4) is 0 Å². The Hall–Kier alpha value is -1.99. The molecule has 0 fully saturated rings. The van der Waals surface area contributed by atoms with Crippen molar-refractivity contribution in [3.63, 3.8) is 0 Å². The van der Waals surface area contributed by atoms with E-state index in [9.17, 15) is 12.8 Å². The van der Waals surface area contributed by atoms with Crippen LogP contribution in [0.15, 0.2) is 41.3 Å². The van der Waals surface area contributed by atoms with Gasteiger partial charge in [-0.25, -0.2) is 12.8 Å². The van der Waals surface area contributed by atoms with Crippen molar-refractivity contribution in [3.05, 3.63) is 47.2 Å². The van der Waals surface area contributed by atoms with Crippen LogP contribution in [0.1, 0.15) is 0 Å². The molecule has 0 spiro atoms. The topological polar surface area (TPSA) is 81.4 Å². The fourth-order valence-corrected chi connectivity index (χ4v) is 3.13. The second-order valence-corrected chi connectivity index (χ2v) is 6.21. The number of ether oxygens (including phenoxy) is 1. The maximum absolute atomic E-state index is 13.9. The fourth-order valence-electron chi connectivity index (χ4n) is 1.65. The van der Waals surface area contributed by atoms with Crippen molar-refractivity contribution >= 4 is 33.0 Å². The van der Waals surface area contributed by atoms with Crippen molar-refractivity contribution in [1.29, 1.82) is 0 Å². The molecule has 0 bridgehead atoms. The third-order valence-corrected chi connectivity index (χ3v) is 4.30. The number of hydrogen-bond donors (Lipinski definition) is 2. The van der Waals surface area contributed by atoms with E-state index >= 15 is 0 Å². The molecule has 0 amide bonds. The molecule has 112 valence electrons. The average Bonchev–Trinajstić information content (AvgIpc) is 2.43. The lowest BCUT2D eigenvalue weighted by Crippen LogP contribution is -2.15. The van der Waals surface area contributed by atoms with Gasteiger partial charge >= 0.3 is 0 Å². The Morgan fingerprint density at radius 1 is 1.24 bits per heavy atom. The van der Waals surface area contributed by atoms with E-state index in [1.54, 1.807) is 12.1 Å². The number of methoxy groups -OCH3 is 1. The lowest BCUT2D eigenvalue weighted by molar-refractivity contribution is 0.415. The van der Waals surface area contributed by atoms with Crippen molar-refractivity contribution in [2.45, 2.75) is 4.90 Å². The molecule has 2 rings (SSSR count). The van der Waals surface area contributed by atoms with Crippen LogP contribution in [0, 0.1) is 5.82 Å². The number of anilines is 2. The summed E-state index contributed by atoms with van der Waals surface area (Å²) < 4.78 is 45.4. The zero-order chi connectivity index (χ0) is 15.6. The van der Waals surface area contributed by atoms with Gasteiger partial charge in [0.05, 0.1) is 12.1 Å². The second kappa shape index (κ2) is 5.79. The van der Waals surface area contributed by atoms with Crippen molar-refractivity contribution in [2.75, 3.05) is 17.6 Å². The van der Waals surface area contributed by atoms with Crippen molar-refractivity contribution in [3.8, 4) is 5.75 Å². The number of sulfonamides is 1. The maximum Gasteiger partial charge on any atom is 0.264 e. The Morgan fingerprint density at radius 2 is 1.86 bits per heavy atom. The summed E-state index contributed by atoms with van der Waals surface area (Å²) in [5.41, 5.74) is 5.81. The summed E-state index contributed by atoms with van der Waals surface area (Å²) in [4.78, 5) is -0.608. The molecule has 0 aliphatic heterocycles. The normalized spacial score (nSPS) is 11.2. The Bertz CT molecular complexity index is 764. The van der Waals surface area contributed by atoms with Crippen LogP contribution >= 0.6 is 11.6 Å². The molecule has 8 heteroatoms. The summed E-state index contributed by atoms with van der Waals surface area (Å²) >= 11 is 5.60. The standard InChI is InChI=1S/C13H12ClFN2O3S/c1-20-10-4-2-9(3-5-10)17-21(18,19)12-7-8(16)6-11(14)13(12)15/h2-7,17H,16H2,1H3. The van der Waals surface area contributed by atoms with E-state index in [0.717, 1.165) is 12.1 Å². The number of nitrogens with two attached hydrogens (primary N) is 1. The van der Waals surface area contributed by atoms with Crippen molar-refractivity contribution in [2.24, 2.45) is 0 Å². The molecule has 0 unspecified atom stereocenters. The van der Waals surface area contributed by atoms with Gasteiger partial charge in [-0.3, -0.25) is 4.72 Å². The fraction of sp³-hybridized carbons (Fsp3) is 0.0769. The van der Waals surface area contributed by atoms with E-state index in [1.807, 2.05) is 0 Å². The molecule has 0 heterocycles.